The van der Waals surface area contributed by atoms with Gasteiger partial charge in [0.1, 0.15) is 0 Å². The lowest BCUT2D eigenvalue weighted by atomic mass is 10.2. The molecule has 2 rings (SSSR count). The van der Waals surface area contributed by atoms with Crippen molar-refractivity contribution in [3.05, 3.63) is 65.2 Å². The molecule has 0 aliphatic rings. The minimum atomic E-state index is -3.44. The second-order valence-electron chi connectivity index (χ2n) is 5.88. The first-order valence-corrected chi connectivity index (χ1v) is 9.87. The highest BCUT2D eigenvalue weighted by molar-refractivity contribution is 7.88. The molecule has 0 saturated carbocycles. The molecule has 0 radical (unpaired) electrons. The fourth-order valence-electron chi connectivity index (χ4n) is 2.63. The Kier molecular flexibility index (Phi) is 6.57. The molecule has 0 amide bonds. The molecule has 0 fully saturated rings. The van der Waals surface area contributed by atoms with Gasteiger partial charge in [0.25, 0.3) is 0 Å². The second-order valence-corrected chi connectivity index (χ2v) is 7.69. The first kappa shape index (κ1) is 19.0. The number of aryl methyl sites for hydroxylation is 1. The van der Waals surface area contributed by atoms with Crippen LogP contribution in [0.3, 0.4) is 0 Å². The number of hydrogen-bond donors (Lipinski definition) is 1. The van der Waals surface area contributed by atoms with E-state index in [-0.39, 0.29) is 5.75 Å². The maximum absolute atomic E-state index is 12.2. The van der Waals surface area contributed by atoms with Gasteiger partial charge in [0.15, 0.2) is 0 Å². The van der Waals surface area contributed by atoms with Crippen molar-refractivity contribution in [2.24, 2.45) is 0 Å². The molecule has 0 heterocycles. The molecule has 2 aromatic rings. The number of nitriles is 1. The molecule has 6 heteroatoms. The molecule has 0 aliphatic carbocycles. The largest absolute Gasteiger partial charge is 0.370 e. The average molecular weight is 357 g/mol. The van der Waals surface area contributed by atoms with Crippen LogP contribution in [0.5, 0.6) is 0 Å². The highest BCUT2D eigenvalue weighted by Crippen LogP contribution is 2.15. The molecule has 2 aromatic carbocycles. The van der Waals surface area contributed by atoms with E-state index in [4.69, 9.17) is 5.26 Å². The Bertz CT molecular complexity index is 857. The molecule has 132 valence electrons. The number of rotatable bonds is 8. The van der Waals surface area contributed by atoms with Gasteiger partial charge in [-0.1, -0.05) is 24.3 Å². The molecule has 0 saturated heterocycles. The van der Waals surface area contributed by atoms with E-state index in [0.29, 0.717) is 24.2 Å². The molecule has 1 N–H and O–H groups in total. The normalized spacial score (nSPS) is 11.1. The van der Waals surface area contributed by atoms with Crippen molar-refractivity contribution >= 4 is 15.7 Å². The third-order valence-corrected chi connectivity index (χ3v) is 5.22. The quantitative estimate of drug-likeness (QED) is 0.788. The summed E-state index contributed by atoms with van der Waals surface area (Å²) >= 11 is 0. The predicted molar refractivity (Wildman–Crippen MR) is 101 cm³/mol. The molecule has 25 heavy (non-hydrogen) atoms. The molecule has 0 aromatic heterocycles. The summed E-state index contributed by atoms with van der Waals surface area (Å²) in [7, 11) is -3.44. The molecular formula is C19H23N3O2S. The van der Waals surface area contributed by atoms with Gasteiger partial charge in [-0.05, 0) is 49.2 Å². The Morgan fingerprint density at radius 3 is 2.60 bits per heavy atom. The number of nitrogens with one attached hydrogen (secondary N) is 1. The molecule has 0 atom stereocenters. The van der Waals surface area contributed by atoms with E-state index < -0.39 is 10.0 Å². The van der Waals surface area contributed by atoms with Crippen molar-refractivity contribution in [2.45, 2.75) is 19.6 Å². The van der Waals surface area contributed by atoms with Gasteiger partial charge in [-0.15, -0.1) is 0 Å². The monoisotopic (exact) mass is 357 g/mol. The second kappa shape index (κ2) is 8.65. The predicted octanol–water partition coefficient (Wildman–Crippen LogP) is 2.81. The molecule has 0 bridgehead atoms. The Balaban J connectivity index is 1.93. The number of likely N-dealkylation sites (N-methyl/N-ethyl adjacent to an activating group) is 1. The standard InChI is InChI=1S/C19H23N3O2S/c1-3-22(19-9-4-6-16(2)12-19)11-10-21-25(23,24)15-18-8-5-7-17(13-18)14-20/h4-9,12-13,21H,3,10-11,15H2,1-2H3. The van der Waals surface area contributed by atoms with Crippen LogP contribution in [0, 0.1) is 18.3 Å². The molecule has 0 spiro atoms. The Labute approximate surface area is 150 Å². The van der Waals surface area contributed by atoms with Gasteiger partial charge in [0.2, 0.25) is 10.0 Å². The summed E-state index contributed by atoms with van der Waals surface area (Å²) < 4.78 is 27.1. The zero-order valence-corrected chi connectivity index (χ0v) is 15.4. The number of anilines is 1. The SMILES string of the molecule is CCN(CCNS(=O)(=O)Cc1cccc(C#N)c1)c1cccc(C)c1. The van der Waals surface area contributed by atoms with Crippen LogP contribution in [0.4, 0.5) is 5.69 Å². The van der Waals surface area contributed by atoms with Gasteiger partial charge >= 0.3 is 0 Å². The Morgan fingerprint density at radius 1 is 1.16 bits per heavy atom. The fourth-order valence-corrected chi connectivity index (χ4v) is 3.75. The third kappa shape index (κ3) is 5.89. The van der Waals surface area contributed by atoms with Crippen LogP contribution in [0.1, 0.15) is 23.6 Å². The van der Waals surface area contributed by atoms with Gasteiger partial charge in [-0.3, -0.25) is 0 Å². The van der Waals surface area contributed by atoms with Crippen LogP contribution in [-0.2, 0) is 15.8 Å². The van der Waals surface area contributed by atoms with E-state index in [0.717, 1.165) is 12.2 Å². The number of benzene rings is 2. The van der Waals surface area contributed by atoms with E-state index >= 15 is 0 Å². The summed E-state index contributed by atoms with van der Waals surface area (Å²) in [6.07, 6.45) is 0. The smallest absolute Gasteiger partial charge is 0.215 e. The summed E-state index contributed by atoms with van der Waals surface area (Å²) in [5, 5.41) is 8.90. The maximum atomic E-state index is 12.2. The van der Waals surface area contributed by atoms with Crippen LogP contribution >= 0.6 is 0 Å². The number of hydrogen-bond acceptors (Lipinski definition) is 4. The summed E-state index contributed by atoms with van der Waals surface area (Å²) in [6.45, 7) is 5.81. The van der Waals surface area contributed by atoms with Gasteiger partial charge < -0.3 is 4.90 Å². The van der Waals surface area contributed by atoms with Crippen molar-refractivity contribution in [1.29, 1.82) is 5.26 Å². The summed E-state index contributed by atoms with van der Waals surface area (Å²) in [6, 6.07) is 16.8. The highest BCUT2D eigenvalue weighted by atomic mass is 32.2. The van der Waals surface area contributed by atoms with Crippen LogP contribution < -0.4 is 9.62 Å². The zero-order chi connectivity index (χ0) is 18.3. The van der Waals surface area contributed by atoms with E-state index in [2.05, 4.69) is 15.7 Å². The Hall–Kier alpha value is -2.36. The van der Waals surface area contributed by atoms with Crippen LogP contribution in [0.25, 0.3) is 0 Å². The fraction of sp³-hybridized carbons (Fsp3) is 0.316. The van der Waals surface area contributed by atoms with Crippen LogP contribution in [0.2, 0.25) is 0 Å². The van der Waals surface area contributed by atoms with E-state index in [1.807, 2.05) is 38.1 Å². The maximum Gasteiger partial charge on any atom is 0.215 e. The first-order chi connectivity index (χ1) is 11.9. The van der Waals surface area contributed by atoms with Crippen LogP contribution in [-0.4, -0.2) is 28.1 Å². The van der Waals surface area contributed by atoms with Crippen molar-refractivity contribution in [2.75, 3.05) is 24.5 Å². The highest BCUT2D eigenvalue weighted by Gasteiger charge is 2.12. The van der Waals surface area contributed by atoms with Crippen molar-refractivity contribution in [3.8, 4) is 6.07 Å². The van der Waals surface area contributed by atoms with Crippen molar-refractivity contribution in [3.63, 3.8) is 0 Å². The lowest BCUT2D eigenvalue weighted by Crippen LogP contribution is -2.35. The Morgan fingerprint density at radius 2 is 1.92 bits per heavy atom. The first-order valence-electron chi connectivity index (χ1n) is 8.21. The van der Waals surface area contributed by atoms with Crippen LogP contribution in [0.15, 0.2) is 48.5 Å². The molecular weight excluding hydrogens is 334 g/mol. The molecule has 0 aliphatic heterocycles. The summed E-state index contributed by atoms with van der Waals surface area (Å²) in [5.41, 5.74) is 3.33. The summed E-state index contributed by atoms with van der Waals surface area (Å²) in [5.74, 6) is -0.126. The lowest BCUT2D eigenvalue weighted by molar-refractivity contribution is 0.580. The summed E-state index contributed by atoms with van der Waals surface area (Å²) in [4.78, 5) is 2.13. The number of nitrogens with zero attached hydrogens (tertiary/aromatic N) is 2. The third-order valence-electron chi connectivity index (χ3n) is 3.86. The lowest BCUT2D eigenvalue weighted by Gasteiger charge is -2.23. The van der Waals surface area contributed by atoms with Crippen molar-refractivity contribution < 1.29 is 8.42 Å². The van der Waals surface area contributed by atoms with Gasteiger partial charge in [-0.25, -0.2) is 13.1 Å². The van der Waals surface area contributed by atoms with Gasteiger partial charge in [0.05, 0.1) is 17.4 Å². The topological polar surface area (TPSA) is 73.2 Å². The van der Waals surface area contributed by atoms with Gasteiger partial charge in [-0.2, -0.15) is 5.26 Å². The van der Waals surface area contributed by atoms with E-state index in [9.17, 15) is 8.42 Å². The van der Waals surface area contributed by atoms with Crippen molar-refractivity contribution in [1.82, 2.24) is 4.72 Å². The average Bonchev–Trinajstić information content (AvgIpc) is 2.58. The minimum absolute atomic E-state index is 0.126. The minimum Gasteiger partial charge on any atom is -0.370 e. The molecule has 0 unspecified atom stereocenters. The zero-order valence-electron chi connectivity index (χ0n) is 14.6. The van der Waals surface area contributed by atoms with E-state index in [1.165, 1.54) is 5.56 Å². The van der Waals surface area contributed by atoms with Gasteiger partial charge in [0, 0.05) is 25.3 Å². The van der Waals surface area contributed by atoms with E-state index in [1.54, 1.807) is 24.3 Å². The molecule has 5 nitrogen and oxygen atoms in total. The number of sulfonamides is 1.